The molecule has 76 valence electrons. The quantitative estimate of drug-likeness (QED) is 0.676. The van der Waals surface area contributed by atoms with Crippen LogP contribution >= 0.6 is 0 Å². The van der Waals surface area contributed by atoms with Crippen molar-refractivity contribution in [3.63, 3.8) is 0 Å². The zero-order chi connectivity index (χ0) is 10.6. The van der Waals surface area contributed by atoms with Crippen LogP contribution in [0.25, 0.3) is 0 Å². The minimum atomic E-state index is -0.296. The molecule has 0 fully saturated rings. The van der Waals surface area contributed by atoms with E-state index in [4.69, 9.17) is 4.84 Å². The lowest BCUT2D eigenvalue weighted by molar-refractivity contribution is -0.144. The van der Waals surface area contributed by atoms with Gasteiger partial charge in [-0.25, -0.2) is 4.79 Å². The molecule has 0 N–H and O–H groups in total. The van der Waals surface area contributed by atoms with E-state index in [2.05, 4.69) is 10.2 Å². The van der Waals surface area contributed by atoms with Gasteiger partial charge in [0.15, 0.2) is 5.82 Å². The van der Waals surface area contributed by atoms with Crippen LogP contribution in [0.1, 0.15) is 19.0 Å². The molecular formula is C9H13N3O2. The average molecular weight is 195 g/mol. The van der Waals surface area contributed by atoms with Gasteiger partial charge in [0, 0.05) is 13.5 Å². The van der Waals surface area contributed by atoms with Gasteiger partial charge in [-0.05, 0) is 19.1 Å². The van der Waals surface area contributed by atoms with Crippen molar-refractivity contribution < 1.29 is 9.63 Å². The summed E-state index contributed by atoms with van der Waals surface area (Å²) in [7, 11) is 1.62. The van der Waals surface area contributed by atoms with Crippen LogP contribution in [0, 0.1) is 6.92 Å². The van der Waals surface area contributed by atoms with E-state index in [1.54, 1.807) is 26.1 Å². The largest absolute Gasteiger partial charge is 0.340 e. The van der Waals surface area contributed by atoms with Crippen LogP contribution in [0.4, 0.5) is 5.82 Å². The second-order valence-corrected chi connectivity index (χ2v) is 2.85. The van der Waals surface area contributed by atoms with E-state index in [9.17, 15) is 4.79 Å². The first-order chi connectivity index (χ1) is 6.63. The van der Waals surface area contributed by atoms with Gasteiger partial charge in [-0.1, -0.05) is 6.92 Å². The number of hydrogen-bond donors (Lipinski definition) is 0. The van der Waals surface area contributed by atoms with Crippen molar-refractivity contribution in [1.82, 2.24) is 10.2 Å². The second-order valence-electron chi connectivity index (χ2n) is 2.85. The fourth-order valence-corrected chi connectivity index (χ4v) is 0.824. The van der Waals surface area contributed by atoms with Crippen LogP contribution in [-0.4, -0.2) is 23.2 Å². The Balaban J connectivity index is 2.65. The van der Waals surface area contributed by atoms with Crippen molar-refractivity contribution in [2.24, 2.45) is 0 Å². The monoisotopic (exact) mass is 195 g/mol. The van der Waals surface area contributed by atoms with Crippen molar-refractivity contribution in [2.45, 2.75) is 20.3 Å². The lowest BCUT2D eigenvalue weighted by Crippen LogP contribution is -2.23. The molecule has 0 aromatic carbocycles. The molecule has 5 heteroatoms. The number of hydrogen-bond acceptors (Lipinski definition) is 5. The highest BCUT2D eigenvalue weighted by molar-refractivity contribution is 5.70. The van der Waals surface area contributed by atoms with E-state index in [1.807, 2.05) is 6.92 Å². The first-order valence-corrected chi connectivity index (χ1v) is 4.38. The van der Waals surface area contributed by atoms with E-state index in [-0.39, 0.29) is 5.97 Å². The van der Waals surface area contributed by atoms with Crippen molar-refractivity contribution in [1.29, 1.82) is 0 Å². The maximum atomic E-state index is 11.0. The summed E-state index contributed by atoms with van der Waals surface area (Å²) in [5.74, 6) is 0.215. The van der Waals surface area contributed by atoms with Gasteiger partial charge < -0.3 is 4.84 Å². The number of aryl methyl sites for hydroxylation is 1. The molecule has 5 nitrogen and oxygen atoms in total. The first-order valence-electron chi connectivity index (χ1n) is 4.38. The Morgan fingerprint density at radius 2 is 2.21 bits per heavy atom. The summed E-state index contributed by atoms with van der Waals surface area (Å²) in [6, 6.07) is 3.55. The van der Waals surface area contributed by atoms with Crippen LogP contribution in [0.3, 0.4) is 0 Å². The van der Waals surface area contributed by atoms with Crippen LogP contribution in [0.15, 0.2) is 12.1 Å². The van der Waals surface area contributed by atoms with Crippen LogP contribution in [0.5, 0.6) is 0 Å². The highest BCUT2D eigenvalue weighted by Gasteiger charge is 2.07. The van der Waals surface area contributed by atoms with Gasteiger partial charge in [0.1, 0.15) is 0 Å². The Hall–Kier alpha value is -1.65. The molecule has 0 spiro atoms. The Kier molecular flexibility index (Phi) is 3.39. The molecule has 0 atom stereocenters. The van der Waals surface area contributed by atoms with Crippen molar-refractivity contribution in [3.8, 4) is 0 Å². The molecule has 0 aliphatic heterocycles. The molecule has 0 amide bonds. The Labute approximate surface area is 82.7 Å². The van der Waals surface area contributed by atoms with Crippen molar-refractivity contribution in [3.05, 3.63) is 17.8 Å². The lowest BCUT2D eigenvalue weighted by atomic mass is 10.4. The van der Waals surface area contributed by atoms with E-state index in [0.717, 1.165) is 5.69 Å². The third kappa shape index (κ3) is 2.69. The zero-order valence-corrected chi connectivity index (χ0v) is 8.52. The molecule has 1 rings (SSSR count). The van der Waals surface area contributed by atoms with E-state index < -0.39 is 0 Å². The third-order valence-electron chi connectivity index (χ3n) is 1.63. The predicted octanol–water partition coefficient (Wildman–Crippen LogP) is 1.09. The maximum Gasteiger partial charge on any atom is 0.332 e. The number of aromatic nitrogens is 2. The summed E-state index contributed by atoms with van der Waals surface area (Å²) < 4.78 is 0. The Bertz CT molecular complexity index is 310. The smallest absolute Gasteiger partial charge is 0.332 e. The molecular weight excluding hydrogens is 182 g/mol. The Morgan fingerprint density at radius 1 is 1.50 bits per heavy atom. The molecule has 0 aliphatic carbocycles. The molecule has 0 unspecified atom stereocenters. The third-order valence-corrected chi connectivity index (χ3v) is 1.63. The number of anilines is 1. The first kappa shape index (κ1) is 10.4. The minimum Gasteiger partial charge on any atom is -0.340 e. The average Bonchev–Trinajstić information content (AvgIpc) is 2.18. The van der Waals surface area contributed by atoms with E-state index in [1.165, 1.54) is 5.06 Å². The van der Waals surface area contributed by atoms with Crippen LogP contribution in [-0.2, 0) is 9.63 Å². The zero-order valence-electron chi connectivity index (χ0n) is 8.52. The topological polar surface area (TPSA) is 55.3 Å². The van der Waals surface area contributed by atoms with Gasteiger partial charge >= 0.3 is 5.97 Å². The number of carbonyl (C=O) groups excluding carboxylic acids is 1. The Morgan fingerprint density at radius 3 is 2.71 bits per heavy atom. The number of hydroxylamine groups is 1. The lowest BCUT2D eigenvalue weighted by Gasteiger charge is -2.15. The molecule has 1 aromatic heterocycles. The summed E-state index contributed by atoms with van der Waals surface area (Å²) in [5.41, 5.74) is 0.823. The molecule has 14 heavy (non-hydrogen) atoms. The molecule has 0 bridgehead atoms. The summed E-state index contributed by atoms with van der Waals surface area (Å²) in [4.78, 5) is 15.9. The number of carbonyl (C=O) groups is 1. The summed E-state index contributed by atoms with van der Waals surface area (Å²) in [6.45, 7) is 3.58. The number of nitrogens with zero attached hydrogens (tertiary/aromatic N) is 3. The highest BCUT2D eigenvalue weighted by atomic mass is 16.7. The second kappa shape index (κ2) is 4.55. The molecule has 0 radical (unpaired) electrons. The fourth-order valence-electron chi connectivity index (χ4n) is 0.824. The molecule has 1 aromatic rings. The van der Waals surface area contributed by atoms with Gasteiger partial charge in [0.2, 0.25) is 0 Å². The fraction of sp³-hybridized carbons (Fsp3) is 0.444. The van der Waals surface area contributed by atoms with Gasteiger partial charge in [-0.3, -0.25) is 0 Å². The minimum absolute atomic E-state index is 0.296. The van der Waals surface area contributed by atoms with Gasteiger partial charge in [0.25, 0.3) is 0 Å². The van der Waals surface area contributed by atoms with Crippen LogP contribution < -0.4 is 5.06 Å². The van der Waals surface area contributed by atoms with Gasteiger partial charge in [0.05, 0.1) is 5.69 Å². The highest BCUT2D eigenvalue weighted by Crippen LogP contribution is 2.07. The van der Waals surface area contributed by atoms with E-state index in [0.29, 0.717) is 12.2 Å². The maximum absolute atomic E-state index is 11.0. The predicted molar refractivity (Wildman–Crippen MR) is 51.6 cm³/mol. The summed E-state index contributed by atoms with van der Waals surface area (Å²) >= 11 is 0. The van der Waals surface area contributed by atoms with E-state index >= 15 is 0 Å². The molecule has 1 heterocycles. The molecule has 0 saturated carbocycles. The van der Waals surface area contributed by atoms with Gasteiger partial charge in [-0.2, -0.15) is 10.2 Å². The molecule has 0 saturated heterocycles. The van der Waals surface area contributed by atoms with Crippen molar-refractivity contribution in [2.75, 3.05) is 12.1 Å². The van der Waals surface area contributed by atoms with Gasteiger partial charge in [-0.15, -0.1) is 5.10 Å². The SMILES string of the molecule is CCC(=O)ON(C)c1ccc(C)nn1. The summed E-state index contributed by atoms with van der Waals surface area (Å²) in [6.07, 6.45) is 0.337. The standard InChI is InChI=1S/C9H13N3O2/c1-4-9(13)14-12(3)8-6-5-7(2)10-11-8/h5-6H,4H2,1-3H3. The summed E-state index contributed by atoms with van der Waals surface area (Å²) in [5, 5.41) is 9.02. The van der Waals surface area contributed by atoms with Crippen molar-refractivity contribution >= 4 is 11.8 Å². The normalized spacial score (nSPS) is 9.64. The molecule has 0 aliphatic rings. The number of rotatable bonds is 3. The van der Waals surface area contributed by atoms with Crippen LogP contribution in [0.2, 0.25) is 0 Å².